The normalized spacial score (nSPS) is 30.0. The molecular weight excluding hydrogens is 290 g/mol. The van der Waals surface area contributed by atoms with Gasteiger partial charge in [-0.2, -0.15) is 0 Å². The second kappa shape index (κ2) is 7.42. The van der Waals surface area contributed by atoms with Gasteiger partial charge in [0.25, 0.3) is 0 Å². The highest BCUT2D eigenvalue weighted by Crippen LogP contribution is 2.37. The number of thiocarbonyl (C=S) groups is 1. The Bertz CT molecular complexity index is 490. The van der Waals surface area contributed by atoms with Crippen molar-refractivity contribution in [1.29, 1.82) is 0 Å². The van der Waals surface area contributed by atoms with Crippen LogP contribution in [0, 0.1) is 11.8 Å². The highest BCUT2D eigenvalue weighted by atomic mass is 32.1. The van der Waals surface area contributed by atoms with Crippen molar-refractivity contribution in [1.82, 2.24) is 15.5 Å². The van der Waals surface area contributed by atoms with E-state index in [4.69, 9.17) is 12.2 Å². The smallest absolute Gasteiger partial charge is 0.166 e. The van der Waals surface area contributed by atoms with Gasteiger partial charge in [-0.15, -0.1) is 0 Å². The van der Waals surface area contributed by atoms with Crippen LogP contribution in [0.5, 0.6) is 0 Å². The zero-order valence-electron chi connectivity index (χ0n) is 13.4. The SMILES string of the molecule is CC[C@@H]1CN2CC[C@H]1C[C@@H]2CNC(=S)NCc1ccccc1. The predicted molar refractivity (Wildman–Crippen MR) is 95.7 cm³/mol. The van der Waals surface area contributed by atoms with Crippen LogP contribution in [0.25, 0.3) is 0 Å². The van der Waals surface area contributed by atoms with Crippen molar-refractivity contribution in [2.45, 2.75) is 38.8 Å². The molecule has 1 aromatic carbocycles. The molecule has 22 heavy (non-hydrogen) atoms. The average Bonchev–Trinajstić information content (AvgIpc) is 2.59. The molecule has 4 heteroatoms. The molecule has 2 bridgehead atoms. The summed E-state index contributed by atoms with van der Waals surface area (Å²) in [5.41, 5.74) is 1.26. The van der Waals surface area contributed by atoms with Crippen molar-refractivity contribution in [3.8, 4) is 0 Å². The maximum Gasteiger partial charge on any atom is 0.166 e. The molecule has 0 spiro atoms. The Hall–Kier alpha value is -1.13. The van der Waals surface area contributed by atoms with E-state index >= 15 is 0 Å². The van der Waals surface area contributed by atoms with Crippen molar-refractivity contribution in [3.05, 3.63) is 35.9 Å². The van der Waals surface area contributed by atoms with Crippen LogP contribution >= 0.6 is 12.2 Å². The summed E-state index contributed by atoms with van der Waals surface area (Å²) in [6.07, 6.45) is 4.07. The average molecular weight is 318 g/mol. The van der Waals surface area contributed by atoms with E-state index in [1.54, 1.807) is 0 Å². The number of nitrogens with zero attached hydrogens (tertiary/aromatic N) is 1. The maximum absolute atomic E-state index is 5.41. The topological polar surface area (TPSA) is 27.3 Å². The van der Waals surface area contributed by atoms with Crippen LogP contribution in [-0.2, 0) is 6.54 Å². The fraction of sp³-hybridized carbons (Fsp3) is 0.611. The standard InChI is InChI=1S/C18H27N3S/c1-2-15-13-21-9-8-16(15)10-17(21)12-20-18(22)19-11-14-6-4-3-5-7-14/h3-7,15-17H,2,8-13H2,1H3,(H2,19,20,22)/t15-,16+,17-/m1/s1. The van der Waals surface area contributed by atoms with Gasteiger partial charge >= 0.3 is 0 Å². The van der Waals surface area contributed by atoms with Crippen LogP contribution < -0.4 is 10.6 Å². The molecule has 0 saturated carbocycles. The van der Waals surface area contributed by atoms with Gasteiger partial charge in [-0.05, 0) is 49.0 Å². The van der Waals surface area contributed by atoms with E-state index in [-0.39, 0.29) is 0 Å². The minimum Gasteiger partial charge on any atom is -0.361 e. The lowest BCUT2D eigenvalue weighted by molar-refractivity contribution is 0.00205. The summed E-state index contributed by atoms with van der Waals surface area (Å²) in [4.78, 5) is 2.67. The van der Waals surface area contributed by atoms with Gasteiger partial charge in [0.05, 0.1) is 0 Å². The molecule has 120 valence electrons. The van der Waals surface area contributed by atoms with Crippen molar-refractivity contribution in [2.24, 2.45) is 11.8 Å². The fourth-order valence-electron chi connectivity index (χ4n) is 3.98. The molecule has 3 heterocycles. The molecule has 3 saturated heterocycles. The van der Waals surface area contributed by atoms with Gasteiger partial charge in [0.2, 0.25) is 0 Å². The third-order valence-electron chi connectivity index (χ3n) is 5.33. The molecule has 4 atom stereocenters. The molecule has 1 aromatic rings. The molecule has 3 nitrogen and oxygen atoms in total. The molecule has 3 aliphatic rings. The van der Waals surface area contributed by atoms with Crippen LogP contribution in [0.15, 0.2) is 30.3 Å². The van der Waals surface area contributed by atoms with Gasteiger partial charge < -0.3 is 10.6 Å². The van der Waals surface area contributed by atoms with E-state index in [9.17, 15) is 0 Å². The van der Waals surface area contributed by atoms with E-state index in [2.05, 4.69) is 46.7 Å². The molecule has 0 aliphatic carbocycles. The monoisotopic (exact) mass is 317 g/mol. The molecule has 0 aromatic heterocycles. The zero-order valence-corrected chi connectivity index (χ0v) is 14.2. The van der Waals surface area contributed by atoms with Gasteiger partial charge in [0.15, 0.2) is 5.11 Å². The number of benzene rings is 1. The highest BCUT2D eigenvalue weighted by molar-refractivity contribution is 7.80. The maximum atomic E-state index is 5.41. The molecular formula is C18H27N3S. The van der Waals surface area contributed by atoms with Gasteiger partial charge in [-0.3, -0.25) is 4.90 Å². The molecule has 4 rings (SSSR count). The third-order valence-corrected chi connectivity index (χ3v) is 5.62. The predicted octanol–water partition coefficient (Wildman–Crippen LogP) is 2.77. The number of hydrogen-bond acceptors (Lipinski definition) is 2. The minimum atomic E-state index is 0.665. The van der Waals surface area contributed by atoms with Crippen LogP contribution in [0.1, 0.15) is 31.7 Å². The highest BCUT2D eigenvalue weighted by Gasteiger charge is 2.38. The van der Waals surface area contributed by atoms with E-state index in [0.29, 0.717) is 6.04 Å². The zero-order chi connectivity index (χ0) is 15.4. The molecule has 3 aliphatic heterocycles. The van der Waals surface area contributed by atoms with Crippen molar-refractivity contribution in [2.75, 3.05) is 19.6 Å². The van der Waals surface area contributed by atoms with Crippen LogP contribution in [0.3, 0.4) is 0 Å². The summed E-state index contributed by atoms with van der Waals surface area (Å²) < 4.78 is 0. The number of fused-ring (bicyclic) bond motifs is 3. The van der Waals surface area contributed by atoms with Gasteiger partial charge in [-0.25, -0.2) is 0 Å². The Morgan fingerprint density at radius 2 is 2.09 bits per heavy atom. The summed E-state index contributed by atoms with van der Waals surface area (Å²) >= 11 is 5.41. The van der Waals surface area contributed by atoms with Crippen molar-refractivity contribution >= 4 is 17.3 Å². The van der Waals surface area contributed by atoms with E-state index < -0.39 is 0 Å². The van der Waals surface area contributed by atoms with Crippen molar-refractivity contribution in [3.63, 3.8) is 0 Å². The lowest BCUT2D eigenvalue weighted by Gasteiger charge is -2.50. The Labute approximate surface area is 139 Å². The second-order valence-corrected chi connectivity index (χ2v) is 7.06. The summed E-state index contributed by atoms with van der Waals surface area (Å²) in [6, 6.07) is 11.1. The van der Waals surface area contributed by atoms with Crippen LogP contribution in [0.2, 0.25) is 0 Å². The van der Waals surface area contributed by atoms with E-state index in [1.165, 1.54) is 37.9 Å². The first-order chi connectivity index (χ1) is 10.8. The van der Waals surface area contributed by atoms with Crippen molar-refractivity contribution < 1.29 is 0 Å². The number of hydrogen-bond donors (Lipinski definition) is 2. The Balaban J connectivity index is 1.40. The van der Waals surface area contributed by atoms with Gasteiger partial charge in [-0.1, -0.05) is 43.7 Å². The fourth-order valence-corrected chi connectivity index (χ4v) is 4.13. The minimum absolute atomic E-state index is 0.665. The summed E-state index contributed by atoms with van der Waals surface area (Å²) in [5.74, 6) is 1.86. The molecule has 0 radical (unpaired) electrons. The first kappa shape index (κ1) is 15.8. The summed E-state index contributed by atoms with van der Waals surface area (Å²) in [6.45, 7) is 6.67. The van der Waals surface area contributed by atoms with E-state index in [1.807, 2.05) is 6.07 Å². The lowest BCUT2D eigenvalue weighted by Crippen LogP contribution is -2.57. The van der Waals surface area contributed by atoms with Crippen LogP contribution in [0.4, 0.5) is 0 Å². The van der Waals surface area contributed by atoms with Crippen LogP contribution in [-0.4, -0.2) is 35.7 Å². The first-order valence-electron chi connectivity index (χ1n) is 8.56. The largest absolute Gasteiger partial charge is 0.361 e. The molecule has 2 N–H and O–H groups in total. The van der Waals surface area contributed by atoms with E-state index in [0.717, 1.165) is 30.0 Å². The molecule has 1 unspecified atom stereocenters. The Morgan fingerprint density at radius 1 is 1.27 bits per heavy atom. The number of nitrogens with one attached hydrogen (secondary N) is 2. The Kier molecular flexibility index (Phi) is 5.32. The third kappa shape index (κ3) is 3.79. The van der Waals surface area contributed by atoms with Gasteiger partial charge in [0, 0.05) is 25.7 Å². The lowest BCUT2D eigenvalue weighted by atomic mass is 9.74. The first-order valence-corrected chi connectivity index (χ1v) is 8.96. The second-order valence-electron chi connectivity index (χ2n) is 6.65. The number of rotatable bonds is 5. The summed E-state index contributed by atoms with van der Waals surface area (Å²) in [5, 5.41) is 7.50. The number of piperidine rings is 3. The quantitative estimate of drug-likeness (QED) is 0.817. The Morgan fingerprint density at radius 3 is 2.77 bits per heavy atom. The summed E-state index contributed by atoms with van der Waals surface area (Å²) in [7, 11) is 0. The molecule has 0 amide bonds. The molecule has 3 fully saturated rings. The van der Waals surface area contributed by atoms with Gasteiger partial charge in [0.1, 0.15) is 0 Å².